The fraction of sp³-hybridized carbons (Fsp3) is 0.348. The number of amides is 3. The Hall–Kier alpha value is -2.95. The van der Waals surface area contributed by atoms with Crippen LogP contribution >= 0.6 is 0 Å². The molecule has 3 amide bonds. The number of imide groups is 1. The SMILES string of the molecule is CCN(CC)C(=O)[C@]1(c2ccccc2)C[C@H]1CN1C(=O)c2ccccc2C1=O. The van der Waals surface area contributed by atoms with Crippen molar-refractivity contribution in [1.82, 2.24) is 9.80 Å². The van der Waals surface area contributed by atoms with Gasteiger partial charge in [0.05, 0.1) is 16.5 Å². The van der Waals surface area contributed by atoms with Crippen molar-refractivity contribution in [2.75, 3.05) is 19.6 Å². The average molecular weight is 376 g/mol. The molecule has 1 fully saturated rings. The molecule has 1 aliphatic heterocycles. The summed E-state index contributed by atoms with van der Waals surface area (Å²) in [5.74, 6) is -0.495. The number of carbonyl (C=O) groups is 3. The van der Waals surface area contributed by atoms with Gasteiger partial charge in [-0.3, -0.25) is 19.3 Å². The smallest absolute Gasteiger partial charge is 0.261 e. The van der Waals surface area contributed by atoms with Gasteiger partial charge in [-0.15, -0.1) is 0 Å². The monoisotopic (exact) mass is 376 g/mol. The molecule has 1 aliphatic carbocycles. The van der Waals surface area contributed by atoms with Crippen molar-refractivity contribution in [3.8, 4) is 0 Å². The van der Waals surface area contributed by atoms with Crippen molar-refractivity contribution in [3.63, 3.8) is 0 Å². The van der Waals surface area contributed by atoms with Gasteiger partial charge in [-0.2, -0.15) is 0 Å². The minimum absolute atomic E-state index is 0.0646. The quantitative estimate of drug-likeness (QED) is 0.728. The first-order chi connectivity index (χ1) is 13.5. The van der Waals surface area contributed by atoms with Crippen LogP contribution in [0.2, 0.25) is 0 Å². The largest absolute Gasteiger partial charge is 0.342 e. The average Bonchev–Trinajstić information content (AvgIpc) is 3.42. The summed E-state index contributed by atoms with van der Waals surface area (Å²) in [6.45, 7) is 5.50. The molecule has 0 saturated heterocycles. The summed E-state index contributed by atoms with van der Waals surface area (Å²) in [4.78, 5) is 42.0. The number of fused-ring (bicyclic) bond motifs is 1. The topological polar surface area (TPSA) is 57.7 Å². The molecule has 0 unspecified atom stereocenters. The molecule has 144 valence electrons. The fourth-order valence-electron chi connectivity index (χ4n) is 4.44. The third kappa shape index (κ3) is 2.65. The van der Waals surface area contributed by atoms with Crippen LogP contribution in [0.15, 0.2) is 54.6 Å². The van der Waals surface area contributed by atoms with Gasteiger partial charge in [0, 0.05) is 19.6 Å². The lowest BCUT2D eigenvalue weighted by Gasteiger charge is -2.27. The van der Waals surface area contributed by atoms with Crippen LogP contribution < -0.4 is 0 Å². The van der Waals surface area contributed by atoms with Crippen LogP contribution in [0.4, 0.5) is 0 Å². The maximum atomic E-state index is 13.4. The zero-order valence-electron chi connectivity index (χ0n) is 16.2. The standard InChI is InChI=1S/C23H24N2O3/c1-3-24(4-2)22(28)23(16-10-6-5-7-11-16)14-17(23)15-25-20(26)18-12-8-9-13-19(18)21(25)27/h5-13,17H,3-4,14-15H2,1-2H3/t17-,23-/m0/s1. The summed E-state index contributed by atoms with van der Waals surface area (Å²) < 4.78 is 0. The molecule has 0 radical (unpaired) electrons. The van der Waals surface area contributed by atoms with E-state index in [9.17, 15) is 14.4 Å². The van der Waals surface area contributed by atoms with Crippen LogP contribution in [0.3, 0.4) is 0 Å². The van der Waals surface area contributed by atoms with Crippen molar-refractivity contribution in [3.05, 3.63) is 71.3 Å². The number of hydrogen-bond donors (Lipinski definition) is 0. The van der Waals surface area contributed by atoms with Crippen molar-refractivity contribution in [1.29, 1.82) is 0 Å². The van der Waals surface area contributed by atoms with Crippen molar-refractivity contribution in [2.24, 2.45) is 5.92 Å². The van der Waals surface area contributed by atoms with Gasteiger partial charge in [-0.1, -0.05) is 42.5 Å². The molecular formula is C23H24N2O3. The third-order valence-corrected chi connectivity index (χ3v) is 6.11. The van der Waals surface area contributed by atoms with E-state index in [0.717, 1.165) is 5.56 Å². The van der Waals surface area contributed by atoms with E-state index < -0.39 is 5.41 Å². The van der Waals surface area contributed by atoms with Crippen LogP contribution in [-0.4, -0.2) is 47.2 Å². The zero-order valence-corrected chi connectivity index (χ0v) is 16.2. The number of nitrogens with zero attached hydrogens (tertiary/aromatic N) is 2. The van der Waals surface area contributed by atoms with E-state index in [2.05, 4.69) is 0 Å². The van der Waals surface area contributed by atoms with E-state index in [0.29, 0.717) is 30.6 Å². The van der Waals surface area contributed by atoms with E-state index in [-0.39, 0.29) is 30.2 Å². The first kappa shape index (κ1) is 18.4. The number of benzene rings is 2. The fourth-order valence-corrected chi connectivity index (χ4v) is 4.44. The Balaban J connectivity index is 1.63. The van der Waals surface area contributed by atoms with Gasteiger partial charge in [0.25, 0.3) is 11.8 Å². The third-order valence-electron chi connectivity index (χ3n) is 6.11. The molecule has 0 N–H and O–H groups in total. The van der Waals surface area contributed by atoms with Gasteiger partial charge >= 0.3 is 0 Å². The second-order valence-electron chi connectivity index (χ2n) is 7.48. The summed E-state index contributed by atoms with van der Waals surface area (Å²) in [5, 5.41) is 0. The Morgan fingerprint density at radius 2 is 1.50 bits per heavy atom. The predicted molar refractivity (Wildman–Crippen MR) is 106 cm³/mol. The number of hydrogen-bond acceptors (Lipinski definition) is 3. The Kier molecular flexibility index (Phi) is 4.53. The van der Waals surface area contributed by atoms with Crippen LogP contribution in [-0.2, 0) is 10.2 Å². The summed E-state index contributed by atoms with van der Waals surface area (Å²) in [5.41, 5.74) is 1.22. The van der Waals surface area contributed by atoms with Crippen LogP contribution in [0.1, 0.15) is 46.5 Å². The van der Waals surface area contributed by atoms with Gasteiger partial charge in [0.2, 0.25) is 5.91 Å². The summed E-state index contributed by atoms with van der Waals surface area (Å²) in [7, 11) is 0. The zero-order chi connectivity index (χ0) is 19.9. The van der Waals surface area contributed by atoms with Gasteiger partial charge in [0.1, 0.15) is 0 Å². The van der Waals surface area contributed by atoms with Gasteiger partial charge in [0.15, 0.2) is 0 Å². The molecule has 0 bridgehead atoms. The molecule has 5 nitrogen and oxygen atoms in total. The van der Waals surface area contributed by atoms with Gasteiger partial charge in [-0.25, -0.2) is 0 Å². The molecule has 5 heteroatoms. The molecule has 2 aromatic carbocycles. The lowest BCUT2D eigenvalue weighted by molar-refractivity contribution is -0.134. The highest BCUT2D eigenvalue weighted by Gasteiger charge is 2.63. The molecule has 1 heterocycles. The highest BCUT2D eigenvalue weighted by Crippen LogP contribution is 2.56. The molecular weight excluding hydrogens is 352 g/mol. The van der Waals surface area contributed by atoms with E-state index >= 15 is 0 Å². The maximum absolute atomic E-state index is 13.4. The Morgan fingerprint density at radius 3 is 2.04 bits per heavy atom. The molecule has 2 atom stereocenters. The predicted octanol–water partition coefficient (Wildman–Crippen LogP) is 3.11. The Bertz CT molecular complexity index is 901. The number of rotatable bonds is 6. The van der Waals surface area contributed by atoms with E-state index in [1.165, 1.54) is 4.90 Å². The van der Waals surface area contributed by atoms with E-state index in [1.807, 2.05) is 49.1 Å². The maximum Gasteiger partial charge on any atom is 0.261 e. The second-order valence-corrected chi connectivity index (χ2v) is 7.48. The lowest BCUT2D eigenvalue weighted by atomic mass is 9.91. The van der Waals surface area contributed by atoms with Gasteiger partial charge < -0.3 is 4.90 Å². The van der Waals surface area contributed by atoms with Crippen LogP contribution in [0, 0.1) is 5.92 Å². The molecule has 4 rings (SSSR count). The molecule has 2 aromatic rings. The van der Waals surface area contributed by atoms with Gasteiger partial charge in [-0.05, 0) is 43.9 Å². The summed E-state index contributed by atoms with van der Waals surface area (Å²) >= 11 is 0. The molecule has 2 aliphatic rings. The van der Waals surface area contributed by atoms with Crippen molar-refractivity contribution >= 4 is 17.7 Å². The molecule has 1 saturated carbocycles. The summed E-state index contributed by atoms with van der Waals surface area (Å²) in [6.07, 6.45) is 0.653. The molecule has 0 aromatic heterocycles. The van der Waals surface area contributed by atoms with E-state index in [1.54, 1.807) is 24.3 Å². The van der Waals surface area contributed by atoms with Crippen LogP contribution in [0.5, 0.6) is 0 Å². The van der Waals surface area contributed by atoms with E-state index in [4.69, 9.17) is 0 Å². The van der Waals surface area contributed by atoms with Crippen LogP contribution in [0.25, 0.3) is 0 Å². The Morgan fingerprint density at radius 1 is 0.964 bits per heavy atom. The number of likely N-dealkylation sites (N-methyl/N-ethyl adjacent to an activating group) is 1. The molecule has 0 spiro atoms. The normalized spacial score (nSPS) is 22.9. The first-order valence-corrected chi connectivity index (χ1v) is 9.84. The number of carbonyl (C=O) groups excluding carboxylic acids is 3. The van der Waals surface area contributed by atoms with Crippen molar-refractivity contribution in [2.45, 2.75) is 25.7 Å². The second kappa shape index (κ2) is 6.89. The Labute approximate surface area is 164 Å². The lowest BCUT2D eigenvalue weighted by Crippen LogP contribution is -2.42. The minimum Gasteiger partial charge on any atom is -0.342 e. The van der Waals surface area contributed by atoms with Crippen molar-refractivity contribution < 1.29 is 14.4 Å². The highest BCUT2D eigenvalue weighted by molar-refractivity contribution is 6.21. The molecule has 28 heavy (non-hydrogen) atoms. The first-order valence-electron chi connectivity index (χ1n) is 9.84. The minimum atomic E-state index is -0.650. The highest BCUT2D eigenvalue weighted by atomic mass is 16.2. The summed E-state index contributed by atoms with van der Waals surface area (Å²) in [6, 6.07) is 16.7.